The predicted molar refractivity (Wildman–Crippen MR) is 91.5 cm³/mol. The zero-order valence-corrected chi connectivity index (χ0v) is 14.8. The van der Waals surface area contributed by atoms with Gasteiger partial charge in [0.2, 0.25) is 11.1 Å². The molecule has 2 aromatic rings. The van der Waals surface area contributed by atoms with Gasteiger partial charge >= 0.3 is 0 Å². The average Bonchev–Trinajstić information content (AvgIpc) is 3.08. The molecule has 1 atom stereocenters. The highest BCUT2D eigenvalue weighted by atomic mass is 35.5. The lowest BCUT2D eigenvalue weighted by Gasteiger charge is -2.32. The summed E-state index contributed by atoms with van der Waals surface area (Å²) in [7, 11) is 0. The van der Waals surface area contributed by atoms with Crippen molar-refractivity contribution in [1.82, 2.24) is 25.1 Å². The van der Waals surface area contributed by atoms with Crippen molar-refractivity contribution in [3.63, 3.8) is 0 Å². The van der Waals surface area contributed by atoms with Crippen molar-refractivity contribution in [2.45, 2.75) is 24.6 Å². The zero-order valence-electron chi connectivity index (χ0n) is 13.3. The Morgan fingerprint density at radius 2 is 2.38 bits per heavy atom. The molecular weight excluding hydrogens is 350 g/mol. The first-order valence-corrected chi connectivity index (χ1v) is 9.10. The predicted octanol–water partition coefficient (Wildman–Crippen LogP) is 2.05. The van der Waals surface area contributed by atoms with Gasteiger partial charge in [0, 0.05) is 18.1 Å². The van der Waals surface area contributed by atoms with Crippen LogP contribution in [0.3, 0.4) is 0 Å². The van der Waals surface area contributed by atoms with Crippen LogP contribution in [0.25, 0.3) is 5.69 Å². The SMILES string of the molecule is CC[C@@H]1CN(C(=O)CSc2nnnn2-c2cccc(Cl)c2)CCO1. The number of benzene rings is 1. The zero-order chi connectivity index (χ0) is 16.9. The minimum absolute atomic E-state index is 0.0717. The molecule has 1 aliphatic heterocycles. The third-order valence-corrected chi connectivity index (χ3v) is 4.90. The number of morpholine rings is 1. The van der Waals surface area contributed by atoms with E-state index in [4.69, 9.17) is 16.3 Å². The van der Waals surface area contributed by atoms with Crippen molar-refractivity contribution in [1.29, 1.82) is 0 Å². The van der Waals surface area contributed by atoms with Gasteiger partial charge in [0.15, 0.2) is 0 Å². The number of hydrogen-bond donors (Lipinski definition) is 0. The fraction of sp³-hybridized carbons (Fsp3) is 0.467. The topological polar surface area (TPSA) is 73.1 Å². The van der Waals surface area contributed by atoms with Crippen LogP contribution >= 0.6 is 23.4 Å². The number of carbonyl (C=O) groups is 1. The minimum Gasteiger partial charge on any atom is -0.375 e. The lowest BCUT2D eigenvalue weighted by atomic mass is 10.2. The van der Waals surface area contributed by atoms with E-state index in [0.717, 1.165) is 12.1 Å². The van der Waals surface area contributed by atoms with E-state index in [0.29, 0.717) is 29.9 Å². The summed E-state index contributed by atoms with van der Waals surface area (Å²) in [5.41, 5.74) is 0.764. The first kappa shape index (κ1) is 17.2. The average molecular weight is 368 g/mol. The molecule has 3 rings (SSSR count). The van der Waals surface area contributed by atoms with Crippen molar-refractivity contribution in [3.8, 4) is 5.69 Å². The fourth-order valence-electron chi connectivity index (χ4n) is 2.45. The number of thioether (sulfide) groups is 1. The van der Waals surface area contributed by atoms with Gasteiger partial charge in [-0.15, -0.1) is 5.10 Å². The number of rotatable bonds is 5. The molecule has 0 unspecified atom stereocenters. The van der Waals surface area contributed by atoms with Crippen LogP contribution in [0.4, 0.5) is 0 Å². The molecule has 1 aromatic carbocycles. The second kappa shape index (κ2) is 7.96. The maximum atomic E-state index is 12.4. The van der Waals surface area contributed by atoms with Crippen LogP contribution in [0.2, 0.25) is 5.02 Å². The highest BCUT2D eigenvalue weighted by Gasteiger charge is 2.23. The van der Waals surface area contributed by atoms with Gasteiger partial charge in [0.05, 0.1) is 24.2 Å². The number of halogens is 1. The molecule has 128 valence electrons. The highest BCUT2D eigenvalue weighted by Crippen LogP contribution is 2.21. The Hall–Kier alpha value is -1.64. The molecule has 1 saturated heterocycles. The van der Waals surface area contributed by atoms with E-state index in [9.17, 15) is 4.79 Å². The molecule has 1 aromatic heterocycles. The minimum atomic E-state index is 0.0717. The molecule has 1 fully saturated rings. The number of nitrogens with zero attached hydrogens (tertiary/aromatic N) is 5. The smallest absolute Gasteiger partial charge is 0.233 e. The van der Waals surface area contributed by atoms with E-state index in [1.165, 1.54) is 11.8 Å². The van der Waals surface area contributed by atoms with E-state index in [1.54, 1.807) is 16.8 Å². The van der Waals surface area contributed by atoms with Gasteiger partial charge in [0.25, 0.3) is 0 Å². The molecule has 0 saturated carbocycles. The number of tetrazole rings is 1. The Kier molecular flexibility index (Phi) is 5.70. The van der Waals surface area contributed by atoms with Crippen molar-refractivity contribution in [2.24, 2.45) is 0 Å². The lowest BCUT2D eigenvalue weighted by molar-refractivity contribution is -0.135. The molecule has 0 aliphatic carbocycles. The summed E-state index contributed by atoms with van der Waals surface area (Å²) in [4.78, 5) is 14.3. The third kappa shape index (κ3) is 4.06. The number of amides is 1. The monoisotopic (exact) mass is 367 g/mol. The van der Waals surface area contributed by atoms with E-state index < -0.39 is 0 Å². The molecule has 0 spiro atoms. The van der Waals surface area contributed by atoms with Crippen LogP contribution in [0.15, 0.2) is 29.4 Å². The summed E-state index contributed by atoms with van der Waals surface area (Å²) in [5, 5.41) is 12.8. The van der Waals surface area contributed by atoms with Crippen molar-refractivity contribution >= 4 is 29.3 Å². The van der Waals surface area contributed by atoms with Crippen molar-refractivity contribution in [3.05, 3.63) is 29.3 Å². The standard InChI is InChI=1S/C15H18ClN5O2S/c1-2-13-9-20(6-7-23-13)14(22)10-24-15-17-18-19-21(15)12-5-3-4-11(16)8-12/h3-5,8,13H,2,6-7,9-10H2,1H3/t13-/m1/s1. The summed E-state index contributed by atoms with van der Waals surface area (Å²) < 4.78 is 7.18. The van der Waals surface area contributed by atoms with Crippen LogP contribution < -0.4 is 0 Å². The van der Waals surface area contributed by atoms with Gasteiger partial charge in [-0.3, -0.25) is 4.79 Å². The summed E-state index contributed by atoms with van der Waals surface area (Å²) in [6.07, 6.45) is 1.04. The Labute approximate surface area is 149 Å². The van der Waals surface area contributed by atoms with Gasteiger partial charge in [-0.2, -0.15) is 4.68 Å². The summed E-state index contributed by atoms with van der Waals surface area (Å²) in [6, 6.07) is 7.26. The second-order valence-electron chi connectivity index (χ2n) is 5.38. The maximum absolute atomic E-state index is 12.4. The number of hydrogen-bond acceptors (Lipinski definition) is 6. The molecule has 0 radical (unpaired) electrons. The third-order valence-electron chi connectivity index (χ3n) is 3.77. The number of ether oxygens (including phenoxy) is 1. The molecule has 1 amide bonds. The molecule has 2 heterocycles. The molecule has 0 bridgehead atoms. The lowest BCUT2D eigenvalue weighted by Crippen LogP contribution is -2.46. The first-order valence-electron chi connectivity index (χ1n) is 7.74. The molecule has 24 heavy (non-hydrogen) atoms. The molecule has 1 aliphatic rings. The fourth-order valence-corrected chi connectivity index (χ4v) is 3.43. The van der Waals surface area contributed by atoms with Gasteiger partial charge in [-0.05, 0) is 35.0 Å². The van der Waals surface area contributed by atoms with Crippen molar-refractivity contribution in [2.75, 3.05) is 25.4 Å². The van der Waals surface area contributed by atoms with E-state index in [1.807, 2.05) is 17.0 Å². The highest BCUT2D eigenvalue weighted by molar-refractivity contribution is 7.99. The van der Waals surface area contributed by atoms with Gasteiger partial charge in [0.1, 0.15) is 0 Å². The molecule has 0 N–H and O–H groups in total. The molecule has 9 heteroatoms. The Balaban J connectivity index is 1.63. The largest absolute Gasteiger partial charge is 0.375 e. The summed E-state index contributed by atoms with van der Waals surface area (Å²) >= 11 is 7.33. The number of carbonyl (C=O) groups excluding carboxylic acids is 1. The quantitative estimate of drug-likeness (QED) is 0.753. The Morgan fingerprint density at radius 1 is 1.50 bits per heavy atom. The van der Waals surface area contributed by atoms with E-state index >= 15 is 0 Å². The summed E-state index contributed by atoms with van der Waals surface area (Å²) in [6.45, 7) is 3.94. The van der Waals surface area contributed by atoms with Crippen molar-refractivity contribution < 1.29 is 9.53 Å². The van der Waals surface area contributed by atoms with Crippen LogP contribution in [-0.4, -0.2) is 62.6 Å². The van der Waals surface area contributed by atoms with E-state index in [2.05, 4.69) is 22.4 Å². The molecular formula is C15H18ClN5O2S. The van der Waals surface area contributed by atoms with Crippen LogP contribution in [0, 0.1) is 0 Å². The Bertz CT molecular complexity index is 711. The summed E-state index contributed by atoms with van der Waals surface area (Å²) in [5.74, 6) is 0.361. The van der Waals surface area contributed by atoms with Crippen LogP contribution in [0.5, 0.6) is 0 Å². The van der Waals surface area contributed by atoms with Gasteiger partial charge in [-0.25, -0.2) is 0 Å². The Morgan fingerprint density at radius 3 is 3.17 bits per heavy atom. The maximum Gasteiger partial charge on any atom is 0.233 e. The van der Waals surface area contributed by atoms with Gasteiger partial charge in [-0.1, -0.05) is 36.4 Å². The first-order chi connectivity index (χ1) is 11.7. The van der Waals surface area contributed by atoms with Crippen LogP contribution in [0.1, 0.15) is 13.3 Å². The van der Waals surface area contributed by atoms with Crippen LogP contribution in [-0.2, 0) is 9.53 Å². The second-order valence-corrected chi connectivity index (χ2v) is 6.76. The number of aromatic nitrogens is 4. The van der Waals surface area contributed by atoms with E-state index in [-0.39, 0.29) is 17.8 Å². The van der Waals surface area contributed by atoms with Gasteiger partial charge < -0.3 is 9.64 Å². The normalized spacial score (nSPS) is 17.9. The molecule has 7 nitrogen and oxygen atoms in total.